The second-order valence-corrected chi connectivity index (χ2v) is 4.14. The van der Waals surface area contributed by atoms with E-state index in [0.29, 0.717) is 17.0 Å². The Morgan fingerprint density at radius 3 is 2.95 bits per heavy atom. The van der Waals surface area contributed by atoms with Gasteiger partial charge in [-0.15, -0.1) is 5.10 Å². The number of fused-ring (bicyclic) bond motifs is 1. The van der Waals surface area contributed by atoms with E-state index in [0.717, 1.165) is 17.9 Å². The lowest BCUT2D eigenvalue weighted by molar-refractivity contribution is 0.641. The zero-order valence-electron chi connectivity index (χ0n) is 10.7. The second-order valence-electron chi connectivity index (χ2n) is 4.14. The molecule has 3 aromatic rings. The third kappa shape index (κ3) is 2.10. The molecule has 7 nitrogen and oxygen atoms in total. The van der Waals surface area contributed by atoms with Crippen LogP contribution in [0.25, 0.3) is 11.2 Å². The van der Waals surface area contributed by atoms with E-state index in [1.54, 1.807) is 10.9 Å². The Bertz CT molecular complexity index is 719. The number of hydrogen-bond acceptors (Lipinski definition) is 6. The van der Waals surface area contributed by atoms with E-state index in [1.807, 2.05) is 26.0 Å². The fraction of sp³-hybridized carbons (Fsp3) is 0.250. The number of aryl methyl sites for hydroxylation is 2. The van der Waals surface area contributed by atoms with Gasteiger partial charge in [-0.05, 0) is 31.5 Å². The zero-order chi connectivity index (χ0) is 13.2. The van der Waals surface area contributed by atoms with Crippen molar-refractivity contribution in [3.63, 3.8) is 0 Å². The first-order valence-corrected chi connectivity index (χ1v) is 6.02. The van der Waals surface area contributed by atoms with Gasteiger partial charge in [0.1, 0.15) is 12.1 Å². The van der Waals surface area contributed by atoms with E-state index in [2.05, 4.69) is 30.6 Å². The number of aromatic nitrogens is 6. The summed E-state index contributed by atoms with van der Waals surface area (Å²) in [7, 11) is 0. The lowest BCUT2D eigenvalue weighted by Gasteiger charge is -2.05. The van der Waals surface area contributed by atoms with Gasteiger partial charge in [-0.3, -0.25) is 0 Å². The Morgan fingerprint density at radius 1 is 1.26 bits per heavy atom. The molecule has 0 aliphatic carbocycles. The maximum absolute atomic E-state index is 4.24. The standard InChI is InChI=1S/C12H13N7/c1-3-19-12-10(17-18-19)11(14-7-15-12)16-9-6-8(2)4-5-13-9/h4-7H,3H2,1-2H3,(H,13,14,15,16). The van der Waals surface area contributed by atoms with E-state index in [1.165, 1.54) is 6.33 Å². The minimum Gasteiger partial charge on any atom is -0.323 e. The van der Waals surface area contributed by atoms with Crippen molar-refractivity contribution >= 4 is 22.8 Å². The SMILES string of the molecule is CCn1nnc2c(Nc3cc(C)ccn3)ncnc21. The van der Waals surface area contributed by atoms with Crippen LogP contribution in [0.4, 0.5) is 11.6 Å². The molecule has 3 rings (SSSR count). The molecule has 0 atom stereocenters. The predicted molar refractivity (Wildman–Crippen MR) is 71.0 cm³/mol. The summed E-state index contributed by atoms with van der Waals surface area (Å²) in [6.45, 7) is 4.72. The largest absolute Gasteiger partial charge is 0.323 e. The Labute approximate surface area is 109 Å². The summed E-state index contributed by atoms with van der Waals surface area (Å²) in [4.78, 5) is 12.6. The van der Waals surface area contributed by atoms with Crippen molar-refractivity contribution in [1.29, 1.82) is 0 Å². The van der Waals surface area contributed by atoms with Crippen LogP contribution in [-0.2, 0) is 6.54 Å². The summed E-state index contributed by atoms with van der Waals surface area (Å²) in [6, 6.07) is 3.88. The first kappa shape index (κ1) is 11.5. The normalized spacial score (nSPS) is 10.8. The van der Waals surface area contributed by atoms with Crippen LogP contribution in [0, 0.1) is 6.92 Å². The fourth-order valence-corrected chi connectivity index (χ4v) is 1.82. The Morgan fingerprint density at radius 2 is 2.16 bits per heavy atom. The summed E-state index contributed by atoms with van der Waals surface area (Å²) >= 11 is 0. The summed E-state index contributed by atoms with van der Waals surface area (Å²) < 4.78 is 1.73. The van der Waals surface area contributed by atoms with Gasteiger partial charge in [0.2, 0.25) is 0 Å². The highest BCUT2D eigenvalue weighted by Gasteiger charge is 2.11. The first-order chi connectivity index (χ1) is 9.28. The molecule has 0 aliphatic heterocycles. The van der Waals surface area contributed by atoms with E-state index in [-0.39, 0.29) is 0 Å². The van der Waals surface area contributed by atoms with Gasteiger partial charge in [0.25, 0.3) is 0 Å². The van der Waals surface area contributed by atoms with Crippen molar-refractivity contribution < 1.29 is 0 Å². The summed E-state index contributed by atoms with van der Waals surface area (Å²) in [5.74, 6) is 1.34. The average molecular weight is 255 g/mol. The van der Waals surface area contributed by atoms with Gasteiger partial charge in [0.05, 0.1) is 0 Å². The Hall–Kier alpha value is -2.57. The number of hydrogen-bond donors (Lipinski definition) is 1. The molecule has 0 amide bonds. The van der Waals surface area contributed by atoms with Crippen LogP contribution >= 0.6 is 0 Å². The van der Waals surface area contributed by atoms with Gasteiger partial charge in [-0.2, -0.15) is 0 Å². The van der Waals surface area contributed by atoms with Gasteiger partial charge < -0.3 is 5.32 Å². The smallest absolute Gasteiger partial charge is 0.183 e. The van der Waals surface area contributed by atoms with Gasteiger partial charge >= 0.3 is 0 Å². The minimum absolute atomic E-state index is 0.614. The Balaban J connectivity index is 2.03. The van der Waals surface area contributed by atoms with Gasteiger partial charge in [0, 0.05) is 12.7 Å². The lowest BCUT2D eigenvalue weighted by Crippen LogP contribution is -2.00. The number of rotatable bonds is 3. The molecule has 0 aromatic carbocycles. The van der Waals surface area contributed by atoms with Crippen molar-refractivity contribution in [2.24, 2.45) is 0 Å². The van der Waals surface area contributed by atoms with Crippen molar-refractivity contribution in [2.45, 2.75) is 20.4 Å². The highest BCUT2D eigenvalue weighted by atomic mass is 15.4. The maximum Gasteiger partial charge on any atom is 0.183 e. The zero-order valence-corrected chi connectivity index (χ0v) is 10.7. The Kier molecular flexibility index (Phi) is 2.79. The van der Waals surface area contributed by atoms with Crippen LogP contribution in [0.2, 0.25) is 0 Å². The van der Waals surface area contributed by atoms with Crippen LogP contribution < -0.4 is 5.32 Å². The first-order valence-electron chi connectivity index (χ1n) is 6.02. The number of nitrogens with zero attached hydrogens (tertiary/aromatic N) is 6. The third-order valence-electron chi connectivity index (χ3n) is 2.76. The number of anilines is 2. The van der Waals surface area contributed by atoms with Crippen LogP contribution in [0.5, 0.6) is 0 Å². The van der Waals surface area contributed by atoms with Gasteiger partial charge in [0.15, 0.2) is 17.0 Å². The average Bonchev–Trinajstić information content (AvgIpc) is 2.83. The molecule has 3 aromatic heterocycles. The molecule has 1 N–H and O–H groups in total. The molecule has 96 valence electrons. The molecule has 19 heavy (non-hydrogen) atoms. The third-order valence-corrected chi connectivity index (χ3v) is 2.76. The van der Waals surface area contributed by atoms with E-state index < -0.39 is 0 Å². The molecule has 0 radical (unpaired) electrons. The van der Waals surface area contributed by atoms with Crippen LogP contribution in [-0.4, -0.2) is 29.9 Å². The van der Waals surface area contributed by atoms with Crippen LogP contribution in [0.3, 0.4) is 0 Å². The van der Waals surface area contributed by atoms with Gasteiger partial charge in [-0.1, -0.05) is 5.21 Å². The quantitative estimate of drug-likeness (QED) is 0.767. The molecule has 7 heteroatoms. The summed E-state index contributed by atoms with van der Waals surface area (Å²) in [5, 5.41) is 11.3. The molecule has 0 saturated carbocycles. The molecular weight excluding hydrogens is 242 g/mol. The number of nitrogens with one attached hydrogen (secondary N) is 1. The van der Waals surface area contributed by atoms with Gasteiger partial charge in [-0.25, -0.2) is 19.6 Å². The van der Waals surface area contributed by atoms with E-state index >= 15 is 0 Å². The van der Waals surface area contributed by atoms with Crippen molar-refractivity contribution in [3.05, 3.63) is 30.2 Å². The molecular formula is C12H13N7. The summed E-state index contributed by atoms with van der Waals surface area (Å²) in [6.07, 6.45) is 3.24. The summed E-state index contributed by atoms with van der Waals surface area (Å²) in [5.41, 5.74) is 2.49. The highest BCUT2D eigenvalue weighted by molar-refractivity contribution is 5.83. The maximum atomic E-state index is 4.24. The molecule has 3 heterocycles. The lowest BCUT2D eigenvalue weighted by atomic mass is 10.3. The molecule has 0 saturated heterocycles. The predicted octanol–water partition coefficient (Wildman–Crippen LogP) is 1.69. The monoisotopic (exact) mass is 255 g/mol. The molecule has 0 unspecified atom stereocenters. The van der Waals surface area contributed by atoms with Crippen LogP contribution in [0.15, 0.2) is 24.7 Å². The second kappa shape index (κ2) is 4.60. The topological polar surface area (TPSA) is 81.4 Å². The molecule has 0 fully saturated rings. The van der Waals surface area contributed by atoms with Crippen molar-refractivity contribution in [1.82, 2.24) is 29.9 Å². The fourth-order valence-electron chi connectivity index (χ4n) is 1.82. The molecule has 0 bridgehead atoms. The van der Waals surface area contributed by atoms with Crippen molar-refractivity contribution in [2.75, 3.05) is 5.32 Å². The van der Waals surface area contributed by atoms with E-state index in [4.69, 9.17) is 0 Å². The van der Waals surface area contributed by atoms with Crippen molar-refractivity contribution in [3.8, 4) is 0 Å². The minimum atomic E-state index is 0.614. The highest BCUT2D eigenvalue weighted by Crippen LogP contribution is 2.19. The van der Waals surface area contributed by atoms with Crippen LogP contribution in [0.1, 0.15) is 12.5 Å². The molecule has 0 spiro atoms. The number of pyridine rings is 1. The molecule has 0 aliphatic rings. The van der Waals surface area contributed by atoms with E-state index in [9.17, 15) is 0 Å².